The number of rotatable bonds is 13. The summed E-state index contributed by atoms with van der Waals surface area (Å²) in [7, 11) is 1.78. The molecular formula is C29H40O5. The predicted octanol–water partition coefficient (Wildman–Crippen LogP) is 7.00. The van der Waals surface area contributed by atoms with E-state index in [0.717, 1.165) is 41.9 Å². The summed E-state index contributed by atoms with van der Waals surface area (Å²) in [5.41, 5.74) is 3.00. The van der Waals surface area contributed by atoms with Gasteiger partial charge in [-0.25, -0.2) is 4.79 Å². The van der Waals surface area contributed by atoms with Gasteiger partial charge in [-0.15, -0.1) is 0 Å². The van der Waals surface area contributed by atoms with E-state index in [0.29, 0.717) is 17.6 Å². The highest BCUT2D eigenvalue weighted by molar-refractivity contribution is 5.77. The maximum atomic E-state index is 11.5. The number of methoxy groups -OCH3 is 1. The van der Waals surface area contributed by atoms with Crippen LogP contribution in [0.4, 0.5) is 0 Å². The number of aryl methyl sites for hydroxylation is 2. The van der Waals surface area contributed by atoms with Crippen molar-refractivity contribution in [2.75, 3.05) is 13.7 Å². The fourth-order valence-electron chi connectivity index (χ4n) is 4.68. The number of hydrogen-bond donors (Lipinski definition) is 1. The summed E-state index contributed by atoms with van der Waals surface area (Å²) in [5, 5.41) is 9.43. The van der Waals surface area contributed by atoms with Gasteiger partial charge in [0.25, 0.3) is 0 Å². The molecule has 1 aliphatic carbocycles. The number of benzene rings is 2. The molecule has 1 fully saturated rings. The minimum absolute atomic E-state index is 0.0284. The third-order valence-electron chi connectivity index (χ3n) is 6.75. The fraction of sp³-hybridized carbons (Fsp3) is 0.552. The molecule has 0 aromatic heterocycles. The molecule has 3 rings (SSSR count). The molecule has 0 heterocycles. The van der Waals surface area contributed by atoms with Gasteiger partial charge in [0.15, 0.2) is 5.60 Å². The molecule has 3 unspecified atom stereocenters. The Bertz CT molecular complexity index is 957. The molecule has 2 aromatic carbocycles. The Morgan fingerprint density at radius 2 is 1.79 bits per heavy atom. The van der Waals surface area contributed by atoms with Gasteiger partial charge in [-0.2, -0.15) is 0 Å². The van der Waals surface area contributed by atoms with E-state index in [2.05, 4.69) is 25.1 Å². The zero-order valence-corrected chi connectivity index (χ0v) is 21.5. The van der Waals surface area contributed by atoms with Crippen molar-refractivity contribution < 1.29 is 24.1 Å². The molecule has 0 aliphatic heterocycles. The molecule has 2 aromatic rings. The lowest BCUT2D eigenvalue weighted by atomic mass is 9.97. The van der Waals surface area contributed by atoms with Crippen LogP contribution in [-0.2, 0) is 9.53 Å². The van der Waals surface area contributed by atoms with Gasteiger partial charge in [0.1, 0.15) is 11.5 Å². The van der Waals surface area contributed by atoms with Gasteiger partial charge in [-0.3, -0.25) is 0 Å². The van der Waals surface area contributed by atoms with Crippen LogP contribution in [0.1, 0.15) is 87.2 Å². The number of aliphatic carboxylic acids is 1. The van der Waals surface area contributed by atoms with Crippen molar-refractivity contribution in [3.8, 4) is 11.5 Å². The van der Waals surface area contributed by atoms with Gasteiger partial charge in [0.2, 0.25) is 0 Å². The van der Waals surface area contributed by atoms with Crippen molar-refractivity contribution in [3.63, 3.8) is 0 Å². The highest BCUT2D eigenvalue weighted by Crippen LogP contribution is 2.57. The van der Waals surface area contributed by atoms with Crippen molar-refractivity contribution in [3.05, 3.63) is 58.7 Å². The fourth-order valence-corrected chi connectivity index (χ4v) is 4.68. The number of carboxylic acid groups (broad SMARTS) is 1. The van der Waals surface area contributed by atoms with E-state index in [9.17, 15) is 9.90 Å². The number of unbranched alkanes of at least 4 members (excludes halogenated alkanes) is 3. The molecule has 1 N–H and O–H groups in total. The lowest BCUT2D eigenvalue weighted by Crippen LogP contribution is -2.38. The van der Waals surface area contributed by atoms with Gasteiger partial charge >= 0.3 is 5.97 Å². The molecule has 34 heavy (non-hydrogen) atoms. The average molecular weight is 469 g/mol. The minimum Gasteiger partial charge on any atom is -0.493 e. The van der Waals surface area contributed by atoms with E-state index < -0.39 is 11.6 Å². The molecule has 5 heteroatoms. The van der Waals surface area contributed by atoms with Gasteiger partial charge in [0, 0.05) is 12.7 Å². The summed E-state index contributed by atoms with van der Waals surface area (Å²) >= 11 is 0. The van der Waals surface area contributed by atoms with Crippen LogP contribution >= 0.6 is 0 Å². The SMILES string of the molecule is CCCCCCOc1ccccc1C(OC)C1CC1c1cc(C)c(OC(C)(C)C(=O)O)c(C)c1. The van der Waals surface area contributed by atoms with E-state index in [1.165, 1.54) is 24.8 Å². The van der Waals surface area contributed by atoms with Crippen LogP contribution in [0.25, 0.3) is 0 Å². The zero-order valence-electron chi connectivity index (χ0n) is 21.5. The Morgan fingerprint density at radius 3 is 2.41 bits per heavy atom. The smallest absolute Gasteiger partial charge is 0.347 e. The minimum atomic E-state index is -1.28. The van der Waals surface area contributed by atoms with Crippen LogP contribution in [0.2, 0.25) is 0 Å². The first kappa shape index (κ1) is 26.1. The van der Waals surface area contributed by atoms with Crippen LogP contribution < -0.4 is 9.47 Å². The molecule has 0 amide bonds. The number of para-hydroxylation sites is 1. The molecule has 186 valence electrons. The molecule has 0 spiro atoms. The third kappa shape index (κ3) is 6.12. The van der Waals surface area contributed by atoms with Crippen molar-refractivity contribution in [2.24, 2.45) is 5.92 Å². The zero-order chi connectivity index (χ0) is 24.9. The summed E-state index contributed by atoms with van der Waals surface area (Å²) < 4.78 is 18.0. The first-order chi connectivity index (χ1) is 16.2. The largest absolute Gasteiger partial charge is 0.493 e. The summed E-state index contributed by atoms with van der Waals surface area (Å²) in [6.07, 6.45) is 5.74. The summed E-state index contributed by atoms with van der Waals surface area (Å²) in [6.45, 7) is 10.1. The highest BCUT2D eigenvalue weighted by atomic mass is 16.5. The molecule has 5 nitrogen and oxygen atoms in total. The monoisotopic (exact) mass is 468 g/mol. The lowest BCUT2D eigenvalue weighted by Gasteiger charge is -2.25. The second-order valence-electron chi connectivity index (χ2n) is 10.0. The number of carbonyl (C=O) groups is 1. The molecule has 1 saturated carbocycles. The molecule has 1 aliphatic rings. The predicted molar refractivity (Wildman–Crippen MR) is 135 cm³/mol. The van der Waals surface area contributed by atoms with Gasteiger partial charge in [-0.1, -0.05) is 56.5 Å². The highest BCUT2D eigenvalue weighted by Gasteiger charge is 2.46. The Hall–Kier alpha value is -2.53. The van der Waals surface area contributed by atoms with Crippen molar-refractivity contribution in [1.82, 2.24) is 0 Å². The number of hydrogen-bond acceptors (Lipinski definition) is 4. The van der Waals surface area contributed by atoms with Gasteiger partial charge < -0.3 is 19.3 Å². The molecule has 0 bridgehead atoms. The first-order valence-corrected chi connectivity index (χ1v) is 12.5. The van der Waals surface area contributed by atoms with Gasteiger partial charge in [-0.05, 0) is 75.1 Å². The standard InChI is InChI=1S/C29H40O5/c1-7-8-9-12-15-33-25-14-11-10-13-22(25)27(32-6)24-18-23(24)21-16-19(2)26(20(3)17-21)34-29(4,5)28(30)31/h10-11,13-14,16-17,23-24,27H,7-9,12,15,18H2,1-6H3,(H,30,31). The maximum Gasteiger partial charge on any atom is 0.347 e. The summed E-state index contributed by atoms with van der Waals surface area (Å²) in [4.78, 5) is 11.5. The first-order valence-electron chi connectivity index (χ1n) is 12.5. The van der Waals surface area contributed by atoms with E-state index in [4.69, 9.17) is 14.2 Å². The second-order valence-corrected chi connectivity index (χ2v) is 10.0. The number of carboxylic acids is 1. The normalized spacial score (nSPS) is 18.4. The van der Waals surface area contributed by atoms with E-state index in [-0.39, 0.29) is 6.10 Å². The summed E-state index contributed by atoms with van der Waals surface area (Å²) in [6, 6.07) is 12.5. The van der Waals surface area contributed by atoms with Crippen LogP contribution in [0.5, 0.6) is 11.5 Å². The van der Waals surface area contributed by atoms with Crippen molar-refractivity contribution in [1.29, 1.82) is 0 Å². The Balaban J connectivity index is 1.74. The van der Waals surface area contributed by atoms with Crippen molar-refractivity contribution in [2.45, 2.75) is 84.3 Å². The van der Waals surface area contributed by atoms with E-state index >= 15 is 0 Å². The van der Waals surface area contributed by atoms with Crippen LogP contribution in [0.3, 0.4) is 0 Å². The third-order valence-corrected chi connectivity index (χ3v) is 6.75. The lowest BCUT2D eigenvalue weighted by molar-refractivity contribution is -0.152. The topological polar surface area (TPSA) is 65.0 Å². The van der Waals surface area contributed by atoms with Gasteiger partial charge in [0.05, 0.1) is 12.7 Å². The van der Waals surface area contributed by atoms with Crippen LogP contribution in [-0.4, -0.2) is 30.4 Å². The van der Waals surface area contributed by atoms with E-state index in [1.807, 2.05) is 32.0 Å². The molecule has 0 radical (unpaired) electrons. The Labute approximate surface area is 204 Å². The molecular weight excluding hydrogens is 428 g/mol. The Kier molecular flexibility index (Phi) is 8.64. The Morgan fingerprint density at radius 1 is 1.12 bits per heavy atom. The number of ether oxygens (including phenoxy) is 3. The average Bonchev–Trinajstić information content (AvgIpc) is 3.58. The molecule has 3 atom stereocenters. The summed E-state index contributed by atoms with van der Waals surface area (Å²) in [5.74, 6) is 1.35. The van der Waals surface area contributed by atoms with Crippen LogP contribution in [0.15, 0.2) is 36.4 Å². The van der Waals surface area contributed by atoms with E-state index in [1.54, 1.807) is 21.0 Å². The van der Waals surface area contributed by atoms with Crippen molar-refractivity contribution >= 4 is 5.97 Å². The molecule has 0 saturated heterocycles. The second kappa shape index (κ2) is 11.3. The quantitative estimate of drug-likeness (QED) is 0.321. The van der Waals surface area contributed by atoms with Crippen LogP contribution in [0, 0.1) is 19.8 Å². The maximum absolute atomic E-state index is 11.5.